The van der Waals surface area contributed by atoms with Crippen LogP contribution in [-0.2, 0) is 14.3 Å². The van der Waals surface area contributed by atoms with Crippen molar-refractivity contribution in [2.45, 2.75) is 51.6 Å². The lowest BCUT2D eigenvalue weighted by molar-refractivity contribution is -0.146. The monoisotopic (exact) mass is 616 g/mol. The van der Waals surface area contributed by atoms with Crippen LogP contribution in [0.25, 0.3) is 5.00 Å². The van der Waals surface area contributed by atoms with E-state index in [1.807, 2.05) is 0 Å². The molecular formula is C29H37FN6O6S. The van der Waals surface area contributed by atoms with E-state index in [9.17, 15) is 19.1 Å². The van der Waals surface area contributed by atoms with Crippen LogP contribution >= 0.6 is 11.3 Å². The van der Waals surface area contributed by atoms with Crippen molar-refractivity contribution in [1.82, 2.24) is 24.8 Å². The molecule has 2 aliphatic heterocycles. The number of methoxy groups -OCH3 is 2. The van der Waals surface area contributed by atoms with Gasteiger partial charge in [-0.25, -0.2) is 4.39 Å². The summed E-state index contributed by atoms with van der Waals surface area (Å²) in [6.07, 6.45) is 2.47. The molecule has 3 aromatic rings. The summed E-state index contributed by atoms with van der Waals surface area (Å²) in [5.74, 6) is -0.813. The molecule has 1 fully saturated rings. The fraction of sp³-hybridized carbons (Fsp3) is 0.517. The number of nitrogens with zero attached hydrogens (tertiary/aromatic N) is 6. The highest BCUT2D eigenvalue weighted by atomic mass is 32.1. The minimum absolute atomic E-state index is 0.0125. The summed E-state index contributed by atoms with van der Waals surface area (Å²) in [7, 11) is 3.03. The molecule has 43 heavy (non-hydrogen) atoms. The molecule has 1 saturated heterocycles. The van der Waals surface area contributed by atoms with Gasteiger partial charge in [-0.1, -0.05) is 11.3 Å². The van der Waals surface area contributed by atoms with Gasteiger partial charge in [0.2, 0.25) is 12.3 Å². The molecule has 2 atom stereocenters. The molecule has 2 aromatic heterocycles. The van der Waals surface area contributed by atoms with Crippen molar-refractivity contribution < 1.29 is 33.3 Å². The molecule has 14 heteroatoms. The standard InChI is InChI=1S/C29H37FN6O6S/c1-18-23-24(37)35(29(2,3)27(38)33-12-6-7-13-33)28(39)34(26(23)43-25(18)36-31-10-11-32-36)17-22(42-15-14-40-4)20-16-19(30)8-9-21(20)41-5/h8-11,16,22,28,39H,6-7,12-15,17H2,1-5H3/t22-,28?/m0/s1. The first-order valence-electron chi connectivity index (χ1n) is 14.1. The van der Waals surface area contributed by atoms with E-state index < -0.39 is 29.7 Å². The zero-order chi connectivity index (χ0) is 30.9. The second kappa shape index (κ2) is 12.6. The van der Waals surface area contributed by atoms with E-state index in [0.717, 1.165) is 12.8 Å². The number of carbonyl (C=O) groups excluding carboxylic acids is 2. The molecule has 0 radical (unpaired) electrons. The number of benzene rings is 1. The molecule has 1 aromatic carbocycles. The Kier molecular flexibility index (Phi) is 9.02. The molecular weight excluding hydrogens is 579 g/mol. The van der Waals surface area contributed by atoms with Crippen LogP contribution in [0.5, 0.6) is 5.75 Å². The molecule has 2 amide bonds. The first-order valence-corrected chi connectivity index (χ1v) is 14.9. The zero-order valence-corrected chi connectivity index (χ0v) is 25.8. The number of aromatic nitrogens is 3. The number of carbonyl (C=O) groups is 2. The molecule has 0 bridgehead atoms. The lowest BCUT2D eigenvalue weighted by Gasteiger charge is -2.49. The largest absolute Gasteiger partial charge is 0.496 e. The van der Waals surface area contributed by atoms with Crippen molar-refractivity contribution >= 4 is 28.2 Å². The first kappa shape index (κ1) is 30.9. The van der Waals surface area contributed by atoms with Crippen molar-refractivity contribution in [2.24, 2.45) is 0 Å². The number of ether oxygens (including phenoxy) is 3. The van der Waals surface area contributed by atoms with Crippen LogP contribution in [0.15, 0.2) is 30.6 Å². The molecule has 0 aliphatic carbocycles. The Bertz CT molecular complexity index is 1460. The fourth-order valence-corrected chi connectivity index (χ4v) is 6.94. The van der Waals surface area contributed by atoms with Crippen LogP contribution < -0.4 is 9.64 Å². The number of halogens is 1. The number of anilines is 1. The number of aliphatic hydroxyl groups excluding tert-OH is 1. The molecule has 232 valence electrons. The first-order chi connectivity index (χ1) is 20.6. The highest BCUT2D eigenvalue weighted by molar-refractivity contribution is 7.19. The SMILES string of the molecule is COCCO[C@@H](CN1c2sc(-n3nccn3)c(C)c2C(=O)N(C(C)(C)C(=O)N2CCCC2)C1O)c1cc(F)ccc1OC. The number of amides is 2. The smallest absolute Gasteiger partial charge is 0.261 e. The average molecular weight is 617 g/mol. The molecule has 4 heterocycles. The summed E-state index contributed by atoms with van der Waals surface area (Å²) < 4.78 is 31.4. The van der Waals surface area contributed by atoms with Gasteiger partial charge < -0.3 is 29.1 Å². The number of likely N-dealkylation sites (tertiary alicyclic amines) is 1. The predicted octanol–water partition coefficient (Wildman–Crippen LogP) is 3.13. The van der Waals surface area contributed by atoms with Crippen LogP contribution in [0.1, 0.15) is 54.3 Å². The normalized spacial score (nSPS) is 17.9. The third-order valence-corrected chi connectivity index (χ3v) is 9.23. The number of hydrogen-bond acceptors (Lipinski definition) is 10. The van der Waals surface area contributed by atoms with Crippen molar-refractivity contribution in [1.29, 1.82) is 0 Å². The van der Waals surface area contributed by atoms with Crippen molar-refractivity contribution in [2.75, 3.05) is 52.0 Å². The Hall–Kier alpha value is -3.59. The Morgan fingerprint density at radius 1 is 1.16 bits per heavy atom. The number of thiophene rings is 1. The Morgan fingerprint density at radius 2 is 1.86 bits per heavy atom. The van der Waals surface area contributed by atoms with E-state index in [1.54, 1.807) is 37.7 Å². The van der Waals surface area contributed by atoms with Crippen LogP contribution in [-0.4, -0.2) is 101 Å². The van der Waals surface area contributed by atoms with E-state index in [2.05, 4.69) is 10.2 Å². The van der Waals surface area contributed by atoms with Crippen LogP contribution in [0, 0.1) is 12.7 Å². The maximum atomic E-state index is 14.5. The summed E-state index contributed by atoms with van der Waals surface area (Å²) >= 11 is 1.24. The van der Waals surface area contributed by atoms with Gasteiger partial charge in [0, 0.05) is 31.3 Å². The predicted molar refractivity (Wildman–Crippen MR) is 157 cm³/mol. The Labute approximate surface area is 253 Å². The highest BCUT2D eigenvalue weighted by Gasteiger charge is 2.51. The topological polar surface area (TPSA) is 122 Å². The summed E-state index contributed by atoms with van der Waals surface area (Å²) in [6, 6.07) is 4.14. The molecule has 1 unspecified atom stereocenters. The zero-order valence-electron chi connectivity index (χ0n) is 24.9. The van der Waals surface area contributed by atoms with Gasteiger partial charge in [-0.05, 0) is 51.8 Å². The lowest BCUT2D eigenvalue weighted by atomic mass is 9.96. The van der Waals surface area contributed by atoms with Crippen molar-refractivity contribution in [3.63, 3.8) is 0 Å². The van der Waals surface area contributed by atoms with Gasteiger partial charge in [0.25, 0.3) is 5.91 Å². The Morgan fingerprint density at radius 3 is 2.51 bits per heavy atom. The number of hydrogen-bond donors (Lipinski definition) is 1. The van der Waals surface area contributed by atoms with Gasteiger partial charge in [0.1, 0.15) is 33.2 Å². The molecule has 1 N–H and O–H groups in total. The third kappa shape index (κ3) is 5.71. The minimum Gasteiger partial charge on any atom is -0.496 e. The van der Waals surface area contributed by atoms with Gasteiger partial charge in [-0.3, -0.25) is 14.5 Å². The van der Waals surface area contributed by atoms with Gasteiger partial charge >= 0.3 is 0 Å². The lowest BCUT2D eigenvalue weighted by Crippen LogP contribution is -2.67. The summed E-state index contributed by atoms with van der Waals surface area (Å²) in [5.41, 5.74) is -0.0389. The molecule has 0 saturated carbocycles. The van der Waals surface area contributed by atoms with Crippen molar-refractivity contribution in [3.8, 4) is 10.8 Å². The number of aliphatic hydroxyl groups is 1. The third-order valence-electron chi connectivity index (χ3n) is 7.93. The van der Waals surface area contributed by atoms with Crippen LogP contribution in [0.2, 0.25) is 0 Å². The molecule has 12 nitrogen and oxygen atoms in total. The van der Waals surface area contributed by atoms with Crippen LogP contribution in [0.4, 0.5) is 9.39 Å². The highest BCUT2D eigenvalue weighted by Crippen LogP contribution is 2.45. The average Bonchev–Trinajstić information content (AvgIpc) is 3.76. The van der Waals surface area contributed by atoms with E-state index in [0.29, 0.717) is 45.5 Å². The van der Waals surface area contributed by atoms with Crippen molar-refractivity contribution in [3.05, 3.63) is 53.1 Å². The summed E-state index contributed by atoms with van der Waals surface area (Å²) in [4.78, 5) is 34.0. The molecule has 0 spiro atoms. The summed E-state index contributed by atoms with van der Waals surface area (Å²) in [6.45, 7) is 6.71. The number of fused-ring (bicyclic) bond motifs is 1. The second-order valence-corrected chi connectivity index (χ2v) is 12.0. The number of rotatable bonds is 11. The van der Waals surface area contributed by atoms with Gasteiger partial charge in [-0.15, -0.1) is 4.80 Å². The van der Waals surface area contributed by atoms with Crippen LogP contribution in [0.3, 0.4) is 0 Å². The van der Waals surface area contributed by atoms with Gasteiger partial charge in [-0.2, -0.15) is 10.2 Å². The molecule has 2 aliphatic rings. The molecule has 5 rings (SSSR count). The van der Waals surface area contributed by atoms with E-state index in [4.69, 9.17) is 14.2 Å². The van der Waals surface area contributed by atoms with E-state index in [-0.39, 0.29) is 25.7 Å². The maximum Gasteiger partial charge on any atom is 0.261 e. The summed E-state index contributed by atoms with van der Waals surface area (Å²) in [5, 5.41) is 21.5. The van der Waals surface area contributed by atoms with E-state index >= 15 is 0 Å². The minimum atomic E-state index is -1.55. The quantitative estimate of drug-likeness (QED) is 0.324. The van der Waals surface area contributed by atoms with Gasteiger partial charge in [0.05, 0.1) is 44.8 Å². The maximum absolute atomic E-state index is 14.5. The fourth-order valence-electron chi connectivity index (χ4n) is 5.70. The second-order valence-electron chi connectivity index (χ2n) is 11.0. The van der Waals surface area contributed by atoms with E-state index in [1.165, 1.54) is 58.7 Å². The Balaban J connectivity index is 1.62. The van der Waals surface area contributed by atoms with Gasteiger partial charge in [0.15, 0.2) is 0 Å².